The summed E-state index contributed by atoms with van der Waals surface area (Å²) >= 11 is 0. The van der Waals surface area contributed by atoms with Gasteiger partial charge in [0.05, 0.1) is 12.5 Å². The van der Waals surface area contributed by atoms with Crippen LogP contribution in [0.2, 0.25) is 0 Å². The highest BCUT2D eigenvalue weighted by molar-refractivity contribution is 5.71. The lowest BCUT2D eigenvalue weighted by atomic mass is 10.0. The van der Waals surface area contributed by atoms with Crippen molar-refractivity contribution in [3.63, 3.8) is 0 Å². The first-order valence-electron chi connectivity index (χ1n) is 4.94. The summed E-state index contributed by atoms with van der Waals surface area (Å²) in [6, 6.07) is 0. The molecule has 0 aromatic rings. The predicted octanol–water partition coefficient (Wildman–Crippen LogP) is 1.61. The number of rotatable bonds is 3. The van der Waals surface area contributed by atoms with E-state index >= 15 is 0 Å². The number of carbonyl (C=O) groups is 1. The minimum atomic E-state index is -0.0912. The number of ether oxygens (including phenoxy) is 2. The van der Waals surface area contributed by atoms with Crippen molar-refractivity contribution in [3.05, 3.63) is 0 Å². The van der Waals surface area contributed by atoms with E-state index < -0.39 is 0 Å². The normalized spacial score (nSPS) is 19.0. The van der Waals surface area contributed by atoms with E-state index in [0.717, 1.165) is 26.1 Å². The highest BCUT2D eigenvalue weighted by Crippen LogP contribution is 2.15. The summed E-state index contributed by atoms with van der Waals surface area (Å²) in [4.78, 5) is 11.1. The van der Waals surface area contributed by atoms with E-state index in [-0.39, 0.29) is 11.9 Å². The second kappa shape index (κ2) is 5.22. The van der Waals surface area contributed by atoms with Gasteiger partial charge in [0.15, 0.2) is 0 Å². The van der Waals surface area contributed by atoms with Crippen LogP contribution in [0.15, 0.2) is 0 Å². The molecule has 0 aromatic carbocycles. The van der Waals surface area contributed by atoms with Crippen LogP contribution in [0.5, 0.6) is 0 Å². The molecule has 3 nitrogen and oxygen atoms in total. The maximum absolute atomic E-state index is 11.1. The molecule has 0 spiro atoms. The summed E-state index contributed by atoms with van der Waals surface area (Å²) in [5.74, 6) is 0.405. The Morgan fingerprint density at radius 2 is 2.08 bits per heavy atom. The third kappa shape index (κ3) is 3.77. The van der Waals surface area contributed by atoms with Gasteiger partial charge in [0, 0.05) is 13.2 Å². The Bertz CT molecular complexity index is 160. The molecule has 0 radical (unpaired) electrons. The third-order valence-electron chi connectivity index (χ3n) is 2.27. The maximum atomic E-state index is 11.1. The van der Waals surface area contributed by atoms with E-state index in [9.17, 15) is 4.79 Å². The average Bonchev–Trinajstić information content (AvgIpc) is 2.15. The van der Waals surface area contributed by atoms with Gasteiger partial charge in [-0.2, -0.15) is 0 Å². The van der Waals surface area contributed by atoms with E-state index in [2.05, 4.69) is 0 Å². The first kappa shape index (κ1) is 10.5. The second-order valence-electron chi connectivity index (χ2n) is 3.84. The summed E-state index contributed by atoms with van der Waals surface area (Å²) in [5.41, 5.74) is 0. The summed E-state index contributed by atoms with van der Waals surface area (Å²) in [7, 11) is 0. The lowest BCUT2D eigenvalue weighted by molar-refractivity contribution is -0.149. The molecule has 0 N–H and O–H groups in total. The Balaban J connectivity index is 2.13. The number of hydrogen-bond acceptors (Lipinski definition) is 3. The van der Waals surface area contributed by atoms with Crippen LogP contribution in [0.4, 0.5) is 0 Å². The molecule has 1 aliphatic heterocycles. The summed E-state index contributed by atoms with van der Waals surface area (Å²) < 4.78 is 10.4. The van der Waals surface area contributed by atoms with E-state index in [1.165, 1.54) is 0 Å². The van der Waals surface area contributed by atoms with Crippen molar-refractivity contribution in [3.8, 4) is 0 Å². The van der Waals surface area contributed by atoms with E-state index in [4.69, 9.17) is 9.47 Å². The van der Waals surface area contributed by atoms with Gasteiger partial charge in [-0.1, -0.05) is 13.8 Å². The van der Waals surface area contributed by atoms with Crippen molar-refractivity contribution in [1.82, 2.24) is 0 Å². The van der Waals surface area contributed by atoms with Crippen molar-refractivity contribution in [1.29, 1.82) is 0 Å². The molecule has 1 saturated heterocycles. The van der Waals surface area contributed by atoms with Gasteiger partial charge in [-0.25, -0.2) is 0 Å². The van der Waals surface area contributed by atoms with Crippen LogP contribution in [-0.2, 0) is 14.3 Å². The standard InChI is InChI=1S/C10H18O3/c1-8(2)10(11)13-7-9-3-5-12-6-4-9/h8-9H,3-7H2,1-2H3. The van der Waals surface area contributed by atoms with Crippen LogP contribution in [-0.4, -0.2) is 25.8 Å². The van der Waals surface area contributed by atoms with Crippen LogP contribution < -0.4 is 0 Å². The number of hydrogen-bond donors (Lipinski definition) is 0. The van der Waals surface area contributed by atoms with Gasteiger partial charge in [0.1, 0.15) is 0 Å². The summed E-state index contributed by atoms with van der Waals surface area (Å²) in [6.07, 6.45) is 2.04. The zero-order chi connectivity index (χ0) is 9.68. The average molecular weight is 186 g/mol. The minimum Gasteiger partial charge on any atom is -0.465 e. The molecule has 0 aromatic heterocycles. The number of esters is 1. The van der Waals surface area contributed by atoms with Gasteiger partial charge in [-0.15, -0.1) is 0 Å². The molecule has 0 unspecified atom stereocenters. The van der Waals surface area contributed by atoms with Crippen LogP contribution in [0.3, 0.4) is 0 Å². The van der Waals surface area contributed by atoms with Crippen LogP contribution in [0, 0.1) is 11.8 Å². The van der Waals surface area contributed by atoms with Crippen molar-refractivity contribution in [2.45, 2.75) is 26.7 Å². The highest BCUT2D eigenvalue weighted by Gasteiger charge is 2.16. The molecule has 0 atom stereocenters. The lowest BCUT2D eigenvalue weighted by Gasteiger charge is -2.21. The Hall–Kier alpha value is -0.570. The fourth-order valence-corrected chi connectivity index (χ4v) is 1.28. The van der Waals surface area contributed by atoms with E-state index in [1.54, 1.807) is 0 Å². The predicted molar refractivity (Wildman–Crippen MR) is 49.3 cm³/mol. The molecule has 1 fully saturated rings. The molecule has 13 heavy (non-hydrogen) atoms. The quantitative estimate of drug-likeness (QED) is 0.628. The smallest absolute Gasteiger partial charge is 0.308 e. The molecule has 3 heteroatoms. The van der Waals surface area contributed by atoms with Gasteiger partial charge >= 0.3 is 5.97 Å². The maximum Gasteiger partial charge on any atom is 0.308 e. The molecule has 1 aliphatic rings. The molecule has 0 saturated carbocycles. The van der Waals surface area contributed by atoms with E-state index in [0.29, 0.717) is 12.5 Å². The van der Waals surface area contributed by atoms with Crippen molar-refractivity contribution < 1.29 is 14.3 Å². The van der Waals surface area contributed by atoms with E-state index in [1.807, 2.05) is 13.8 Å². The zero-order valence-electron chi connectivity index (χ0n) is 8.41. The first-order chi connectivity index (χ1) is 6.20. The lowest BCUT2D eigenvalue weighted by Crippen LogP contribution is -2.23. The number of carbonyl (C=O) groups excluding carboxylic acids is 1. The van der Waals surface area contributed by atoms with Crippen molar-refractivity contribution >= 4 is 5.97 Å². The second-order valence-corrected chi connectivity index (χ2v) is 3.84. The van der Waals surface area contributed by atoms with Gasteiger partial charge in [0.25, 0.3) is 0 Å². The van der Waals surface area contributed by atoms with Crippen molar-refractivity contribution in [2.75, 3.05) is 19.8 Å². The molecular weight excluding hydrogens is 168 g/mol. The topological polar surface area (TPSA) is 35.5 Å². The molecule has 1 rings (SSSR count). The van der Waals surface area contributed by atoms with Gasteiger partial charge in [-0.05, 0) is 18.8 Å². The van der Waals surface area contributed by atoms with Crippen LogP contribution in [0.25, 0.3) is 0 Å². The fourth-order valence-electron chi connectivity index (χ4n) is 1.28. The van der Waals surface area contributed by atoms with Gasteiger partial charge in [-0.3, -0.25) is 4.79 Å². The third-order valence-corrected chi connectivity index (χ3v) is 2.27. The Morgan fingerprint density at radius 1 is 1.46 bits per heavy atom. The van der Waals surface area contributed by atoms with Crippen molar-refractivity contribution in [2.24, 2.45) is 11.8 Å². The highest BCUT2D eigenvalue weighted by atomic mass is 16.5. The SMILES string of the molecule is CC(C)C(=O)OCC1CCOCC1. The largest absolute Gasteiger partial charge is 0.465 e. The van der Waals surface area contributed by atoms with Crippen LogP contribution >= 0.6 is 0 Å². The van der Waals surface area contributed by atoms with Gasteiger partial charge in [0.2, 0.25) is 0 Å². The molecule has 0 aliphatic carbocycles. The summed E-state index contributed by atoms with van der Waals surface area (Å²) in [6.45, 7) is 5.90. The first-order valence-corrected chi connectivity index (χ1v) is 4.94. The van der Waals surface area contributed by atoms with Gasteiger partial charge < -0.3 is 9.47 Å². The Morgan fingerprint density at radius 3 is 2.62 bits per heavy atom. The minimum absolute atomic E-state index is 0.0140. The zero-order valence-corrected chi connectivity index (χ0v) is 8.41. The Labute approximate surface area is 79.4 Å². The molecule has 1 heterocycles. The monoisotopic (exact) mass is 186 g/mol. The molecule has 0 amide bonds. The summed E-state index contributed by atoms with van der Waals surface area (Å²) in [5, 5.41) is 0. The molecule has 76 valence electrons. The molecule has 0 bridgehead atoms. The Kier molecular flexibility index (Phi) is 4.22. The molecular formula is C10H18O3. The van der Waals surface area contributed by atoms with Crippen LogP contribution in [0.1, 0.15) is 26.7 Å². The fraction of sp³-hybridized carbons (Fsp3) is 0.900.